The van der Waals surface area contributed by atoms with Gasteiger partial charge < -0.3 is 10.1 Å². The van der Waals surface area contributed by atoms with Crippen LogP contribution in [-0.4, -0.2) is 28.3 Å². The summed E-state index contributed by atoms with van der Waals surface area (Å²) in [6, 6.07) is 15.8. The number of hydrogen-bond acceptors (Lipinski definition) is 3. The topological polar surface area (TPSA) is 65.3 Å². The molecule has 158 valence electrons. The molecule has 7 heteroatoms. The molecule has 1 aliphatic rings. The van der Waals surface area contributed by atoms with Gasteiger partial charge in [0, 0.05) is 37.2 Å². The lowest BCUT2D eigenvalue weighted by Gasteiger charge is -2.38. The predicted molar refractivity (Wildman–Crippen MR) is 121 cm³/mol. The summed E-state index contributed by atoms with van der Waals surface area (Å²) in [5, 5.41) is 3.27. The minimum Gasteiger partial charge on any atom is -0.381 e. The van der Waals surface area contributed by atoms with E-state index in [4.69, 9.17) is 4.74 Å². The van der Waals surface area contributed by atoms with Crippen LogP contribution in [0.15, 0.2) is 57.8 Å². The lowest BCUT2D eigenvalue weighted by atomic mass is 9.82. The zero-order valence-electron chi connectivity index (χ0n) is 17.1. The van der Waals surface area contributed by atoms with Crippen LogP contribution in [-0.2, 0) is 28.2 Å². The maximum absolute atomic E-state index is 13.0. The van der Waals surface area contributed by atoms with Crippen molar-refractivity contribution in [3.05, 3.63) is 69.1 Å². The van der Waals surface area contributed by atoms with Crippen molar-refractivity contribution in [1.29, 1.82) is 0 Å². The van der Waals surface area contributed by atoms with E-state index in [0.29, 0.717) is 26.3 Å². The van der Waals surface area contributed by atoms with Crippen LogP contribution in [0, 0.1) is 0 Å². The zero-order chi connectivity index (χ0) is 21.1. The normalized spacial score (nSPS) is 15.9. The number of amides is 1. The smallest absolute Gasteiger partial charge is 0.329 e. The molecule has 4 rings (SSSR count). The Hall–Kier alpha value is -2.38. The first kappa shape index (κ1) is 20.9. The number of hydrogen-bond donors (Lipinski definition) is 1. The minimum atomic E-state index is -0.443. The number of aryl methyl sites for hydroxylation is 2. The molecule has 0 radical (unpaired) electrons. The predicted octanol–water partition coefficient (Wildman–Crippen LogP) is 3.80. The second-order valence-electron chi connectivity index (χ2n) is 7.67. The summed E-state index contributed by atoms with van der Waals surface area (Å²) in [5.74, 6) is -0.0582. The Morgan fingerprint density at radius 2 is 1.80 bits per heavy atom. The van der Waals surface area contributed by atoms with Gasteiger partial charge in [-0.3, -0.25) is 13.9 Å². The number of imidazole rings is 1. The summed E-state index contributed by atoms with van der Waals surface area (Å²) in [6.45, 7) is 4.12. The fourth-order valence-electron chi connectivity index (χ4n) is 4.33. The number of fused-ring (bicyclic) bond motifs is 1. The van der Waals surface area contributed by atoms with E-state index in [1.54, 1.807) is 9.13 Å². The number of para-hydroxylation sites is 2. The van der Waals surface area contributed by atoms with Crippen molar-refractivity contribution in [2.75, 3.05) is 13.2 Å². The molecule has 1 fully saturated rings. The van der Waals surface area contributed by atoms with Crippen molar-refractivity contribution in [1.82, 2.24) is 14.5 Å². The van der Waals surface area contributed by atoms with Crippen LogP contribution in [0.4, 0.5) is 0 Å². The summed E-state index contributed by atoms with van der Waals surface area (Å²) in [7, 11) is 0. The number of carbonyl (C=O) groups is 1. The molecule has 0 saturated carbocycles. The van der Waals surface area contributed by atoms with Gasteiger partial charge in [-0.1, -0.05) is 40.2 Å². The molecule has 0 aliphatic carbocycles. The number of rotatable bonds is 6. The molecule has 2 aromatic carbocycles. The highest BCUT2D eigenvalue weighted by molar-refractivity contribution is 9.10. The van der Waals surface area contributed by atoms with E-state index in [0.717, 1.165) is 33.9 Å². The Labute approximate surface area is 184 Å². The fourth-order valence-corrected chi connectivity index (χ4v) is 4.73. The summed E-state index contributed by atoms with van der Waals surface area (Å²) in [4.78, 5) is 25.8. The van der Waals surface area contributed by atoms with Crippen LogP contribution in [0.2, 0.25) is 0 Å². The van der Waals surface area contributed by atoms with E-state index in [9.17, 15) is 9.59 Å². The molecule has 0 unspecified atom stereocenters. The summed E-state index contributed by atoms with van der Waals surface area (Å²) in [5.41, 5.74) is 2.33. The van der Waals surface area contributed by atoms with Gasteiger partial charge >= 0.3 is 5.69 Å². The quantitative estimate of drug-likeness (QED) is 0.594. The molecule has 0 bridgehead atoms. The van der Waals surface area contributed by atoms with E-state index in [1.165, 1.54) is 0 Å². The largest absolute Gasteiger partial charge is 0.381 e. The molecule has 1 amide bonds. The van der Waals surface area contributed by atoms with Crippen LogP contribution in [0.5, 0.6) is 0 Å². The van der Waals surface area contributed by atoms with E-state index in [2.05, 4.69) is 33.4 Å². The van der Waals surface area contributed by atoms with Crippen molar-refractivity contribution in [3.8, 4) is 0 Å². The lowest BCUT2D eigenvalue weighted by Crippen LogP contribution is -2.49. The van der Waals surface area contributed by atoms with Crippen LogP contribution in [0.25, 0.3) is 11.0 Å². The Bertz CT molecular complexity index is 1110. The second-order valence-corrected chi connectivity index (χ2v) is 8.59. The third-order valence-electron chi connectivity index (χ3n) is 5.91. The van der Waals surface area contributed by atoms with Crippen molar-refractivity contribution in [2.45, 2.75) is 44.8 Å². The Morgan fingerprint density at radius 1 is 1.10 bits per heavy atom. The number of nitrogens with one attached hydrogen (secondary N) is 1. The van der Waals surface area contributed by atoms with E-state index >= 15 is 0 Å². The summed E-state index contributed by atoms with van der Waals surface area (Å²) < 4.78 is 9.99. The molecule has 3 aromatic rings. The molecule has 2 heterocycles. The minimum absolute atomic E-state index is 0.0582. The number of carbonyl (C=O) groups excluding carboxylic acids is 1. The Morgan fingerprint density at radius 3 is 2.47 bits per heavy atom. The molecule has 1 saturated heterocycles. The van der Waals surface area contributed by atoms with Gasteiger partial charge in [0.05, 0.1) is 16.6 Å². The van der Waals surface area contributed by atoms with Crippen LogP contribution < -0.4 is 11.0 Å². The number of halogens is 1. The van der Waals surface area contributed by atoms with Crippen LogP contribution >= 0.6 is 15.9 Å². The highest BCUT2D eigenvalue weighted by Gasteiger charge is 2.36. The monoisotopic (exact) mass is 471 g/mol. The number of nitrogens with zero attached hydrogens (tertiary/aromatic N) is 2. The first-order valence-corrected chi connectivity index (χ1v) is 11.2. The van der Waals surface area contributed by atoms with Gasteiger partial charge in [-0.2, -0.15) is 0 Å². The molecule has 1 aromatic heterocycles. The highest BCUT2D eigenvalue weighted by atomic mass is 79.9. The molecule has 30 heavy (non-hydrogen) atoms. The molecule has 0 spiro atoms. The van der Waals surface area contributed by atoms with E-state index in [1.807, 2.05) is 43.3 Å². The van der Waals surface area contributed by atoms with Crippen molar-refractivity contribution in [3.63, 3.8) is 0 Å². The van der Waals surface area contributed by atoms with Crippen molar-refractivity contribution < 1.29 is 9.53 Å². The van der Waals surface area contributed by atoms with Crippen molar-refractivity contribution in [2.24, 2.45) is 0 Å². The average Bonchev–Trinajstić information content (AvgIpc) is 3.03. The standard InChI is InChI=1S/C23H26BrN3O3/c1-2-26-19-8-3-4-9-20(19)27(22(26)29)13-10-21(28)25-23(11-14-30-15-12-23)17-6-5-7-18(24)16-17/h3-9,16H,2,10-15H2,1H3,(H,25,28). The van der Waals surface area contributed by atoms with Crippen molar-refractivity contribution >= 4 is 32.9 Å². The van der Waals surface area contributed by atoms with E-state index in [-0.39, 0.29) is 18.0 Å². The van der Waals surface area contributed by atoms with Gasteiger partial charge in [0.2, 0.25) is 5.91 Å². The summed E-state index contributed by atoms with van der Waals surface area (Å²) >= 11 is 3.54. The Kier molecular flexibility index (Phi) is 6.11. The second kappa shape index (κ2) is 8.78. The molecule has 1 aliphatic heterocycles. The zero-order valence-corrected chi connectivity index (χ0v) is 18.7. The summed E-state index contributed by atoms with van der Waals surface area (Å²) in [6.07, 6.45) is 1.70. The lowest BCUT2D eigenvalue weighted by molar-refractivity contribution is -0.124. The molecular formula is C23H26BrN3O3. The molecular weight excluding hydrogens is 446 g/mol. The van der Waals surface area contributed by atoms with Gasteiger partial charge in [0.25, 0.3) is 0 Å². The molecule has 0 atom stereocenters. The van der Waals surface area contributed by atoms with Crippen LogP contribution in [0.3, 0.4) is 0 Å². The third-order valence-corrected chi connectivity index (χ3v) is 6.40. The third kappa shape index (κ3) is 3.96. The number of aromatic nitrogens is 2. The van der Waals surface area contributed by atoms with Gasteiger partial charge in [0.1, 0.15) is 0 Å². The average molecular weight is 472 g/mol. The molecule has 6 nitrogen and oxygen atoms in total. The number of ether oxygens (including phenoxy) is 1. The fraction of sp³-hybridized carbons (Fsp3) is 0.391. The van der Waals surface area contributed by atoms with Gasteiger partial charge in [-0.25, -0.2) is 4.79 Å². The van der Waals surface area contributed by atoms with Gasteiger partial charge in [-0.05, 0) is 49.6 Å². The maximum atomic E-state index is 13.0. The Balaban J connectivity index is 1.55. The van der Waals surface area contributed by atoms with E-state index < -0.39 is 5.54 Å². The first-order chi connectivity index (χ1) is 14.5. The first-order valence-electron chi connectivity index (χ1n) is 10.4. The van der Waals surface area contributed by atoms with Gasteiger partial charge in [0.15, 0.2) is 0 Å². The number of benzene rings is 2. The van der Waals surface area contributed by atoms with Gasteiger partial charge in [-0.15, -0.1) is 0 Å². The molecule has 1 N–H and O–H groups in total. The SMILES string of the molecule is CCn1c(=O)n(CCC(=O)NC2(c3cccc(Br)c3)CCOCC2)c2ccccc21. The van der Waals surface area contributed by atoms with Crippen LogP contribution in [0.1, 0.15) is 31.7 Å². The maximum Gasteiger partial charge on any atom is 0.329 e. The highest BCUT2D eigenvalue weighted by Crippen LogP contribution is 2.33.